The van der Waals surface area contributed by atoms with E-state index in [1.54, 1.807) is 32.9 Å². The number of benzene rings is 1. The first-order valence-corrected chi connectivity index (χ1v) is 9.34. The third-order valence-corrected chi connectivity index (χ3v) is 4.64. The Morgan fingerprint density at radius 1 is 1.00 bits per heavy atom. The van der Waals surface area contributed by atoms with Gasteiger partial charge in [0, 0.05) is 28.0 Å². The number of nitrogens with one attached hydrogen (secondary N) is 3. The van der Waals surface area contributed by atoms with E-state index in [0.717, 1.165) is 5.69 Å². The van der Waals surface area contributed by atoms with Crippen molar-refractivity contribution in [3.63, 3.8) is 0 Å². The average molecular weight is 383 g/mol. The molecule has 1 unspecified atom stereocenters. The Hall–Kier alpha value is -2.89. The van der Waals surface area contributed by atoms with Crippen LogP contribution in [0.4, 0.5) is 11.4 Å². The second-order valence-electron chi connectivity index (χ2n) is 8.19. The lowest BCUT2D eigenvalue weighted by Crippen LogP contribution is -2.28. The molecule has 1 heterocycles. The Labute approximate surface area is 166 Å². The Kier molecular flexibility index (Phi) is 6.12. The summed E-state index contributed by atoms with van der Waals surface area (Å²) in [5.41, 5.74) is 3.42. The Morgan fingerprint density at radius 2 is 1.54 bits per heavy atom. The number of H-pyrrole nitrogens is 1. The quantitative estimate of drug-likeness (QED) is 0.641. The van der Waals surface area contributed by atoms with E-state index in [1.165, 1.54) is 6.92 Å². The molecule has 2 rings (SSSR count). The minimum atomic E-state index is -0.480. The lowest BCUT2D eigenvalue weighted by atomic mass is 9.95. The molecule has 3 N–H and O–H groups in total. The van der Waals surface area contributed by atoms with Crippen molar-refractivity contribution in [1.29, 1.82) is 0 Å². The van der Waals surface area contributed by atoms with Gasteiger partial charge in [-0.25, -0.2) is 0 Å². The Balaban J connectivity index is 2.10. The van der Waals surface area contributed by atoms with Crippen LogP contribution in [0.5, 0.6) is 0 Å². The summed E-state index contributed by atoms with van der Waals surface area (Å²) in [4.78, 5) is 39.7. The van der Waals surface area contributed by atoms with E-state index in [9.17, 15) is 14.4 Å². The molecular formula is C22H29N3O3. The molecule has 1 aromatic carbocycles. The highest BCUT2D eigenvalue weighted by atomic mass is 16.2. The van der Waals surface area contributed by atoms with E-state index in [1.807, 2.05) is 32.9 Å². The average Bonchev–Trinajstić information content (AvgIpc) is 2.89. The van der Waals surface area contributed by atoms with Crippen molar-refractivity contribution < 1.29 is 14.4 Å². The molecule has 0 aliphatic carbocycles. The summed E-state index contributed by atoms with van der Waals surface area (Å²) in [6.45, 7) is 12.4. The van der Waals surface area contributed by atoms with Gasteiger partial charge < -0.3 is 15.6 Å². The second-order valence-corrected chi connectivity index (χ2v) is 8.19. The smallest absolute Gasteiger partial charge is 0.229 e. The molecule has 1 aromatic heterocycles. The number of carbonyl (C=O) groups excluding carboxylic acids is 3. The molecule has 0 saturated heterocycles. The molecule has 0 spiro atoms. The lowest BCUT2D eigenvalue weighted by Gasteiger charge is -2.18. The maximum absolute atomic E-state index is 12.8. The van der Waals surface area contributed by atoms with Crippen LogP contribution in [0.15, 0.2) is 24.3 Å². The maximum atomic E-state index is 12.8. The lowest BCUT2D eigenvalue weighted by molar-refractivity contribution is -0.123. The molecule has 0 bridgehead atoms. The molecule has 0 aliphatic heterocycles. The van der Waals surface area contributed by atoms with Gasteiger partial charge in [-0.3, -0.25) is 14.4 Å². The fraction of sp³-hybridized carbons (Fsp3) is 0.409. The maximum Gasteiger partial charge on any atom is 0.229 e. The predicted molar refractivity (Wildman–Crippen MR) is 112 cm³/mol. The molecule has 2 aromatic rings. The van der Waals surface area contributed by atoms with Crippen molar-refractivity contribution in [2.24, 2.45) is 5.41 Å². The summed E-state index contributed by atoms with van der Waals surface area (Å²) in [6, 6.07) is 6.74. The molecular weight excluding hydrogens is 354 g/mol. The van der Waals surface area contributed by atoms with E-state index >= 15 is 0 Å². The van der Waals surface area contributed by atoms with E-state index in [0.29, 0.717) is 28.2 Å². The van der Waals surface area contributed by atoms with Crippen LogP contribution in [0.2, 0.25) is 0 Å². The number of hydrogen-bond acceptors (Lipinski definition) is 4. The second kappa shape index (κ2) is 8.00. The van der Waals surface area contributed by atoms with Gasteiger partial charge in [-0.15, -0.1) is 0 Å². The zero-order valence-electron chi connectivity index (χ0n) is 17.6. The van der Waals surface area contributed by atoms with Crippen molar-refractivity contribution in [2.45, 2.75) is 54.5 Å². The van der Waals surface area contributed by atoms with Crippen molar-refractivity contribution in [2.75, 3.05) is 10.6 Å². The molecule has 0 aliphatic rings. The Morgan fingerprint density at radius 3 is 2.00 bits per heavy atom. The highest BCUT2D eigenvalue weighted by Gasteiger charge is 2.24. The Bertz CT molecular complexity index is 902. The first-order chi connectivity index (χ1) is 12.9. The number of Topliss-reactive ketones (excluding diaryl/α,β-unsaturated/α-hetero) is 2. The minimum absolute atomic E-state index is 0.0567. The predicted octanol–water partition coefficient (Wildman–Crippen LogP) is 4.50. The molecule has 6 heteroatoms. The van der Waals surface area contributed by atoms with E-state index in [-0.39, 0.29) is 17.5 Å². The van der Waals surface area contributed by atoms with Gasteiger partial charge in [-0.05, 0) is 57.5 Å². The number of anilines is 2. The molecule has 1 atom stereocenters. The van der Waals surface area contributed by atoms with Crippen molar-refractivity contribution in [1.82, 2.24) is 4.98 Å². The van der Waals surface area contributed by atoms with Crippen molar-refractivity contribution in [3.05, 3.63) is 46.8 Å². The molecule has 6 nitrogen and oxygen atoms in total. The van der Waals surface area contributed by atoms with Crippen LogP contribution in [0, 0.1) is 19.3 Å². The number of aryl methyl sites for hydroxylation is 1. The van der Waals surface area contributed by atoms with Crippen LogP contribution in [0.3, 0.4) is 0 Å². The highest BCUT2D eigenvalue weighted by molar-refractivity contribution is 6.06. The van der Waals surface area contributed by atoms with Crippen molar-refractivity contribution in [3.8, 4) is 0 Å². The van der Waals surface area contributed by atoms with Gasteiger partial charge in [0.1, 0.15) is 0 Å². The zero-order chi connectivity index (χ0) is 21.2. The molecule has 0 fully saturated rings. The fourth-order valence-electron chi connectivity index (χ4n) is 3.02. The number of rotatable bonds is 6. The summed E-state index contributed by atoms with van der Waals surface area (Å²) < 4.78 is 0. The summed E-state index contributed by atoms with van der Waals surface area (Å²) in [5, 5.41) is 6.04. The topological polar surface area (TPSA) is 91.1 Å². The summed E-state index contributed by atoms with van der Waals surface area (Å²) in [5.74, 6) is -0.229. The highest BCUT2D eigenvalue weighted by Crippen LogP contribution is 2.22. The van der Waals surface area contributed by atoms with Gasteiger partial charge in [0.05, 0.1) is 11.7 Å². The fourth-order valence-corrected chi connectivity index (χ4v) is 3.02. The first-order valence-electron chi connectivity index (χ1n) is 9.34. The summed E-state index contributed by atoms with van der Waals surface area (Å²) in [6.07, 6.45) is 0. The summed E-state index contributed by atoms with van der Waals surface area (Å²) in [7, 11) is 0. The summed E-state index contributed by atoms with van der Waals surface area (Å²) >= 11 is 0. The van der Waals surface area contributed by atoms with Gasteiger partial charge >= 0.3 is 0 Å². The normalized spacial score (nSPS) is 12.4. The number of ketones is 2. The third kappa shape index (κ3) is 4.68. The van der Waals surface area contributed by atoms with E-state index in [2.05, 4.69) is 15.6 Å². The molecule has 0 radical (unpaired) electrons. The van der Waals surface area contributed by atoms with Gasteiger partial charge in [0.25, 0.3) is 0 Å². The van der Waals surface area contributed by atoms with Gasteiger partial charge in [0.15, 0.2) is 5.78 Å². The molecule has 28 heavy (non-hydrogen) atoms. The van der Waals surface area contributed by atoms with Crippen LogP contribution in [-0.4, -0.2) is 28.5 Å². The van der Waals surface area contributed by atoms with Crippen LogP contribution in [0.1, 0.15) is 66.7 Å². The molecule has 0 saturated carbocycles. The molecule has 1 amide bonds. The van der Waals surface area contributed by atoms with E-state index in [4.69, 9.17) is 0 Å². The zero-order valence-corrected chi connectivity index (χ0v) is 17.6. The van der Waals surface area contributed by atoms with Crippen LogP contribution >= 0.6 is 0 Å². The minimum Gasteiger partial charge on any atom is -0.375 e. The first kappa shape index (κ1) is 21.4. The third-order valence-electron chi connectivity index (χ3n) is 4.64. The number of carbonyl (C=O) groups is 3. The SMILES string of the molecule is CC(=O)c1c(C)[nH]c(C(=O)C(C)Nc2ccc(NC(=O)C(C)(C)C)cc2)c1C. The number of aromatic nitrogens is 1. The van der Waals surface area contributed by atoms with Gasteiger partial charge in [-0.1, -0.05) is 20.8 Å². The van der Waals surface area contributed by atoms with Crippen LogP contribution < -0.4 is 10.6 Å². The largest absolute Gasteiger partial charge is 0.375 e. The monoisotopic (exact) mass is 383 g/mol. The standard InChI is InChI=1S/C22H29N3O3/c1-12-18(15(4)26)13(2)24-19(12)20(27)14(3)23-16-8-10-17(11-9-16)25-21(28)22(5,6)7/h8-11,14,23-24H,1-7H3,(H,25,28). The molecule has 150 valence electrons. The van der Waals surface area contributed by atoms with Crippen LogP contribution in [0.25, 0.3) is 0 Å². The number of amides is 1. The number of aromatic amines is 1. The number of hydrogen-bond donors (Lipinski definition) is 3. The van der Waals surface area contributed by atoms with E-state index < -0.39 is 11.5 Å². The van der Waals surface area contributed by atoms with Gasteiger partial charge in [-0.2, -0.15) is 0 Å². The van der Waals surface area contributed by atoms with Crippen molar-refractivity contribution >= 4 is 28.8 Å². The van der Waals surface area contributed by atoms with Crippen LogP contribution in [-0.2, 0) is 4.79 Å². The van der Waals surface area contributed by atoms with Gasteiger partial charge in [0.2, 0.25) is 11.7 Å².